The maximum absolute atomic E-state index is 13.1. The fourth-order valence-electron chi connectivity index (χ4n) is 12.1. The quantitative estimate of drug-likeness (QED) is 0.0222. The van der Waals surface area contributed by atoms with E-state index in [1.165, 1.54) is 212 Å². The second kappa shape index (κ2) is 69.4. The molecule has 19 heteroatoms. The van der Waals surface area contributed by atoms with Gasteiger partial charge < -0.3 is 33.8 Å². The van der Waals surface area contributed by atoms with Gasteiger partial charge in [-0.1, -0.05) is 357 Å². The molecule has 0 heterocycles. The Kier molecular flexibility index (Phi) is 68.1. The van der Waals surface area contributed by atoms with Crippen LogP contribution in [0.15, 0.2) is 0 Å². The topological polar surface area (TPSA) is 237 Å². The number of carbonyl (C=O) groups excluding carboxylic acids is 4. The number of phosphoric acid groups is 2. The van der Waals surface area contributed by atoms with Crippen LogP contribution in [0.5, 0.6) is 0 Å². The van der Waals surface area contributed by atoms with E-state index in [2.05, 4.69) is 48.5 Å². The van der Waals surface area contributed by atoms with Gasteiger partial charge in [-0.05, 0) is 43.4 Å². The van der Waals surface area contributed by atoms with E-state index < -0.39 is 97.5 Å². The summed E-state index contributed by atoms with van der Waals surface area (Å²) in [6.45, 7) is 11.9. The number of aliphatic hydroxyl groups is 1. The van der Waals surface area contributed by atoms with Gasteiger partial charge in [0.2, 0.25) is 0 Å². The van der Waals surface area contributed by atoms with Crippen LogP contribution < -0.4 is 0 Å². The van der Waals surface area contributed by atoms with E-state index in [4.69, 9.17) is 37.0 Å². The van der Waals surface area contributed by atoms with Crippen LogP contribution in [0, 0.1) is 17.8 Å². The Balaban J connectivity index is 5.25. The van der Waals surface area contributed by atoms with Crippen molar-refractivity contribution in [2.75, 3.05) is 39.6 Å². The minimum Gasteiger partial charge on any atom is -0.462 e. The smallest absolute Gasteiger partial charge is 0.462 e. The monoisotopic (exact) mass is 1440 g/mol. The number of unbranched alkanes of at least 4 members (excludes halogenated alkanes) is 44. The largest absolute Gasteiger partial charge is 0.472 e. The van der Waals surface area contributed by atoms with Gasteiger partial charge in [-0.15, -0.1) is 0 Å². The molecule has 17 nitrogen and oxygen atoms in total. The first-order chi connectivity index (χ1) is 47.3. The molecule has 0 aromatic heterocycles. The Morgan fingerprint density at radius 3 is 0.776 bits per heavy atom. The Hall–Kier alpha value is -1.94. The summed E-state index contributed by atoms with van der Waals surface area (Å²) in [5, 5.41) is 10.6. The van der Waals surface area contributed by atoms with E-state index in [1.54, 1.807) is 0 Å². The molecule has 0 aliphatic carbocycles. The second-order valence-electron chi connectivity index (χ2n) is 29.6. The van der Waals surface area contributed by atoms with Gasteiger partial charge >= 0.3 is 39.5 Å². The Morgan fingerprint density at radius 1 is 0.296 bits per heavy atom. The molecule has 0 aromatic rings. The maximum atomic E-state index is 13.1. The van der Waals surface area contributed by atoms with E-state index in [0.717, 1.165) is 114 Å². The fraction of sp³-hybridized carbons (Fsp3) is 0.949. The minimum absolute atomic E-state index is 0.106. The molecule has 0 amide bonds. The Labute approximate surface area is 600 Å². The SMILES string of the molecule is CCCCCCCCCCCCCCCCCCCC(=O)O[C@H](COC(=O)CCCCCCCCCCCCCCCC(C)C)COP(=O)(O)OC[C@@H](O)COP(=O)(O)OC[C@@H](COC(=O)CCCCCCCCC(C)CC)OC(=O)CCCCCCCCCCCCCCC(C)C. The van der Waals surface area contributed by atoms with Crippen LogP contribution in [-0.4, -0.2) is 96.7 Å². The molecule has 3 unspecified atom stereocenters. The summed E-state index contributed by atoms with van der Waals surface area (Å²) in [6, 6.07) is 0. The first kappa shape index (κ1) is 96.1. The normalized spacial score (nSPS) is 14.3. The van der Waals surface area contributed by atoms with E-state index in [-0.39, 0.29) is 25.7 Å². The molecule has 6 atom stereocenters. The standard InChI is InChI=1S/C79H154O17P2/c1-8-10-11-12-13-14-15-16-17-18-19-22-29-34-39-48-55-62-78(83)95-74(66-89-76(81)60-53-46-38-33-28-23-20-21-26-31-36-43-50-57-70(3)4)68-93-97(85,86)91-64-73(80)65-92-98(87,88)94-69-75(67-90-77(82)61-54-47-42-41-45-52-59-72(7)9-2)96-79(84)63-56-49-40-35-30-25-24-27-32-37-44-51-58-71(5)6/h70-75,80H,8-69H2,1-7H3,(H,85,86)(H,87,88)/t72?,73-,74-,75-/m1/s1. The van der Waals surface area contributed by atoms with Crippen molar-refractivity contribution in [2.45, 2.75) is 426 Å². The van der Waals surface area contributed by atoms with E-state index in [0.29, 0.717) is 25.7 Å². The highest BCUT2D eigenvalue weighted by molar-refractivity contribution is 7.47. The van der Waals surface area contributed by atoms with Crippen LogP contribution in [0.2, 0.25) is 0 Å². The van der Waals surface area contributed by atoms with Gasteiger partial charge in [-0.2, -0.15) is 0 Å². The number of aliphatic hydroxyl groups excluding tert-OH is 1. The first-order valence-corrected chi connectivity index (χ1v) is 43.9. The number of esters is 4. The summed E-state index contributed by atoms with van der Waals surface area (Å²) in [5.41, 5.74) is 0. The molecule has 0 bridgehead atoms. The molecule has 0 saturated heterocycles. The second-order valence-corrected chi connectivity index (χ2v) is 32.6. The maximum Gasteiger partial charge on any atom is 0.472 e. The predicted molar refractivity (Wildman–Crippen MR) is 400 cm³/mol. The average Bonchev–Trinajstić information content (AvgIpc) is 1.00. The fourth-order valence-corrected chi connectivity index (χ4v) is 13.7. The van der Waals surface area contributed by atoms with Gasteiger partial charge in [0.15, 0.2) is 12.2 Å². The van der Waals surface area contributed by atoms with Crippen molar-refractivity contribution >= 4 is 39.5 Å². The summed E-state index contributed by atoms with van der Waals surface area (Å²) >= 11 is 0. The highest BCUT2D eigenvalue weighted by Crippen LogP contribution is 2.45. The Bertz CT molecular complexity index is 1910. The van der Waals surface area contributed by atoms with Crippen molar-refractivity contribution in [2.24, 2.45) is 17.8 Å². The van der Waals surface area contributed by atoms with Crippen LogP contribution in [0.25, 0.3) is 0 Å². The molecular formula is C79H154O17P2. The zero-order valence-corrected chi connectivity index (χ0v) is 66.0. The summed E-state index contributed by atoms with van der Waals surface area (Å²) in [4.78, 5) is 73.0. The third-order valence-corrected chi connectivity index (χ3v) is 20.6. The molecule has 0 saturated carbocycles. The molecule has 0 radical (unpaired) electrons. The summed E-state index contributed by atoms with van der Waals surface area (Å²) in [7, 11) is -9.92. The molecule has 0 fully saturated rings. The van der Waals surface area contributed by atoms with E-state index in [9.17, 15) is 43.2 Å². The number of phosphoric ester groups is 2. The zero-order valence-electron chi connectivity index (χ0n) is 64.3. The molecule has 582 valence electrons. The van der Waals surface area contributed by atoms with Crippen molar-refractivity contribution < 1.29 is 80.2 Å². The van der Waals surface area contributed by atoms with Crippen molar-refractivity contribution in [3.63, 3.8) is 0 Å². The van der Waals surface area contributed by atoms with Gasteiger partial charge in [0.1, 0.15) is 19.3 Å². The third-order valence-electron chi connectivity index (χ3n) is 18.7. The lowest BCUT2D eigenvalue weighted by Crippen LogP contribution is -2.30. The van der Waals surface area contributed by atoms with Gasteiger partial charge in [0.25, 0.3) is 0 Å². The van der Waals surface area contributed by atoms with Crippen LogP contribution in [0.1, 0.15) is 408 Å². The van der Waals surface area contributed by atoms with Crippen LogP contribution in [0.3, 0.4) is 0 Å². The minimum atomic E-state index is -4.96. The third kappa shape index (κ3) is 71.1. The van der Waals surface area contributed by atoms with Gasteiger partial charge in [-0.25, -0.2) is 9.13 Å². The molecule has 0 aliphatic rings. The van der Waals surface area contributed by atoms with Crippen molar-refractivity contribution in [1.82, 2.24) is 0 Å². The highest BCUT2D eigenvalue weighted by atomic mass is 31.2. The van der Waals surface area contributed by atoms with Crippen molar-refractivity contribution in [3.05, 3.63) is 0 Å². The van der Waals surface area contributed by atoms with Gasteiger partial charge in [-0.3, -0.25) is 37.3 Å². The Morgan fingerprint density at radius 2 is 0.520 bits per heavy atom. The molecular weight excluding hydrogens is 1280 g/mol. The number of ether oxygens (including phenoxy) is 4. The molecule has 0 spiro atoms. The van der Waals surface area contributed by atoms with Crippen LogP contribution in [-0.2, 0) is 65.4 Å². The van der Waals surface area contributed by atoms with Crippen molar-refractivity contribution in [1.29, 1.82) is 0 Å². The van der Waals surface area contributed by atoms with Gasteiger partial charge in [0.05, 0.1) is 26.4 Å². The molecule has 0 aromatic carbocycles. The van der Waals surface area contributed by atoms with Crippen molar-refractivity contribution in [3.8, 4) is 0 Å². The number of hydrogen-bond acceptors (Lipinski definition) is 15. The highest BCUT2D eigenvalue weighted by Gasteiger charge is 2.30. The number of hydrogen-bond donors (Lipinski definition) is 3. The van der Waals surface area contributed by atoms with E-state index >= 15 is 0 Å². The summed E-state index contributed by atoms with van der Waals surface area (Å²) in [5.74, 6) is 0.185. The molecule has 0 rings (SSSR count). The molecule has 0 aliphatic heterocycles. The van der Waals surface area contributed by atoms with Crippen LogP contribution >= 0.6 is 15.6 Å². The van der Waals surface area contributed by atoms with E-state index in [1.807, 2.05) is 0 Å². The molecule has 98 heavy (non-hydrogen) atoms. The van der Waals surface area contributed by atoms with Gasteiger partial charge in [0, 0.05) is 25.7 Å². The average molecular weight is 1440 g/mol. The zero-order chi connectivity index (χ0) is 72.3. The lowest BCUT2D eigenvalue weighted by atomic mass is 10.00. The molecule has 3 N–H and O–H groups in total. The number of rotatable bonds is 77. The lowest BCUT2D eigenvalue weighted by molar-refractivity contribution is -0.161. The lowest BCUT2D eigenvalue weighted by Gasteiger charge is -2.21. The number of carbonyl (C=O) groups is 4. The predicted octanol–water partition coefficient (Wildman–Crippen LogP) is 23.4. The first-order valence-electron chi connectivity index (χ1n) is 40.9. The summed E-state index contributed by atoms with van der Waals surface area (Å²) in [6.07, 6.45) is 56.8. The summed E-state index contributed by atoms with van der Waals surface area (Å²) < 4.78 is 68.7. The van der Waals surface area contributed by atoms with Crippen LogP contribution in [0.4, 0.5) is 0 Å².